The van der Waals surface area contributed by atoms with Crippen molar-refractivity contribution in [3.63, 3.8) is 0 Å². The Kier molecular flexibility index (Phi) is 8.53. The van der Waals surface area contributed by atoms with Crippen LogP contribution in [0.3, 0.4) is 0 Å². The smallest absolute Gasteiger partial charge is 0.0789 e. The van der Waals surface area contributed by atoms with Gasteiger partial charge < -0.3 is 9.13 Å². The molecule has 0 fully saturated rings. The van der Waals surface area contributed by atoms with Gasteiger partial charge in [-0.05, 0) is 86.5 Å². The summed E-state index contributed by atoms with van der Waals surface area (Å²) in [5, 5.41) is 4.92. The first-order chi connectivity index (χ1) is 30.8. The lowest BCUT2D eigenvalue weighted by Crippen LogP contribution is -2.01. The number of nitrogens with zero attached hydrogens (tertiary/aromatic N) is 2. The molecule has 0 aliphatic carbocycles. The summed E-state index contributed by atoms with van der Waals surface area (Å²) in [5.74, 6) is 0. The van der Waals surface area contributed by atoms with Crippen LogP contribution in [0.2, 0.25) is 0 Å². The predicted octanol–water partition coefficient (Wildman–Crippen LogP) is 16.2. The average Bonchev–Trinajstić information content (AvgIpc) is 3.88. The Hall–Kier alpha value is -8.20. The van der Waals surface area contributed by atoms with Crippen LogP contribution in [0, 0.1) is 0 Å². The van der Waals surface area contributed by atoms with Gasteiger partial charge in [-0.3, -0.25) is 0 Å². The Morgan fingerprint density at radius 1 is 0.226 bits per heavy atom. The highest BCUT2D eigenvalue weighted by Gasteiger charge is 2.23. The molecule has 0 amide bonds. The molecule has 2 aromatic heterocycles. The Morgan fingerprint density at radius 2 is 0.597 bits per heavy atom. The molecular weight excluding hydrogens is 749 g/mol. The molecule has 0 aliphatic heterocycles. The van der Waals surface area contributed by atoms with Gasteiger partial charge >= 0.3 is 0 Å². The van der Waals surface area contributed by atoms with Crippen molar-refractivity contribution in [2.45, 2.75) is 0 Å². The van der Waals surface area contributed by atoms with Crippen LogP contribution in [0.5, 0.6) is 0 Å². The minimum absolute atomic E-state index is 1.12. The van der Waals surface area contributed by atoms with Crippen molar-refractivity contribution in [1.29, 1.82) is 0 Å². The summed E-state index contributed by atoms with van der Waals surface area (Å²) in [4.78, 5) is 0. The van der Waals surface area contributed by atoms with Crippen LogP contribution in [0.4, 0.5) is 0 Å². The molecule has 2 nitrogen and oxygen atoms in total. The molecule has 0 spiro atoms. The third-order valence-corrected chi connectivity index (χ3v) is 12.5. The standard InChI is InChI=1S/C60H40N2/c1-4-16-41(17-5-1)43-28-30-44(31-29-43)45-32-34-46(35-33-45)49-38-48(42-18-6-2-7-19-42)39-50(40-49)61-57-26-14-11-23-52(57)54-36-37-55-53-24-12-15-27-58(53)62(60(55)59(54)61)56-25-13-10-22-51(56)47-20-8-3-9-21-47/h1-40H. The van der Waals surface area contributed by atoms with Crippen molar-refractivity contribution in [2.75, 3.05) is 0 Å². The van der Waals surface area contributed by atoms with Crippen LogP contribution >= 0.6 is 0 Å². The van der Waals surface area contributed by atoms with Gasteiger partial charge in [0.2, 0.25) is 0 Å². The van der Waals surface area contributed by atoms with Crippen LogP contribution in [-0.2, 0) is 0 Å². The summed E-state index contributed by atoms with van der Waals surface area (Å²) in [6.07, 6.45) is 0. The van der Waals surface area contributed by atoms with Crippen LogP contribution in [0.15, 0.2) is 243 Å². The van der Waals surface area contributed by atoms with Gasteiger partial charge in [-0.1, -0.05) is 206 Å². The van der Waals surface area contributed by atoms with E-state index < -0.39 is 0 Å². The summed E-state index contributed by atoms with van der Waals surface area (Å²) >= 11 is 0. The summed E-state index contributed by atoms with van der Waals surface area (Å²) in [6, 6.07) is 88.4. The van der Waals surface area contributed by atoms with Crippen molar-refractivity contribution < 1.29 is 0 Å². The summed E-state index contributed by atoms with van der Waals surface area (Å²) < 4.78 is 5.03. The number of aromatic nitrogens is 2. The monoisotopic (exact) mass is 788 g/mol. The molecule has 0 radical (unpaired) electrons. The topological polar surface area (TPSA) is 9.86 Å². The Labute approximate surface area is 360 Å². The van der Waals surface area contributed by atoms with Gasteiger partial charge in [-0.15, -0.1) is 0 Å². The van der Waals surface area contributed by atoms with Crippen LogP contribution in [-0.4, -0.2) is 9.13 Å². The first-order valence-corrected chi connectivity index (χ1v) is 21.3. The van der Waals surface area contributed by atoms with E-state index in [4.69, 9.17) is 0 Å². The van der Waals surface area contributed by atoms with Gasteiger partial charge in [-0.2, -0.15) is 0 Å². The minimum Gasteiger partial charge on any atom is -0.307 e. The highest BCUT2D eigenvalue weighted by molar-refractivity contribution is 6.24. The predicted molar refractivity (Wildman–Crippen MR) is 262 cm³/mol. The zero-order chi connectivity index (χ0) is 41.0. The SMILES string of the molecule is c1ccc(-c2ccc(-c3ccc(-c4cc(-c5ccccc5)cc(-n5c6ccccc6c6ccc7c8ccccc8n(-c8ccccc8-c8ccccc8)c7c65)c4)cc3)cc2)cc1. The van der Waals surface area contributed by atoms with Gasteiger partial charge in [0.1, 0.15) is 0 Å². The molecule has 12 aromatic rings. The number of fused-ring (bicyclic) bond motifs is 7. The maximum Gasteiger partial charge on any atom is 0.0789 e. The third kappa shape index (κ3) is 5.96. The van der Waals surface area contributed by atoms with Crippen molar-refractivity contribution in [3.05, 3.63) is 243 Å². The Balaban J connectivity index is 1.10. The molecule has 0 saturated carbocycles. The highest BCUT2D eigenvalue weighted by Crippen LogP contribution is 2.44. The number of hydrogen-bond acceptors (Lipinski definition) is 0. The van der Waals surface area contributed by atoms with Crippen molar-refractivity contribution in [3.8, 4) is 67.0 Å². The van der Waals surface area contributed by atoms with E-state index in [2.05, 4.69) is 252 Å². The molecule has 0 N–H and O–H groups in total. The van der Waals surface area contributed by atoms with E-state index in [1.54, 1.807) is 0 Å². The Morgan fingerprint density at radius 3 is 1.13 bits per heavy atom. The van der Waals surface area contributed by atoms with Gasteiger partial charge in [0.15, 0.2) is 0 Å². The lowest BCUT2D eigenvalue weighted by molar-refractivity contribution is 1.15. The second-order valence-electron chi connectivity index (χ2n) is 16.1. The quantitative estimate of drug-likeness (QED) is 0.152. The minimum atomic E-state index is 1.12. The zero-order valence-corrected chi connectivity index (χ0v) is 34.0. The van der Waals surface area contributed by atoms with Crippen LogP contribution in [0.1, 0.15) is 0 Å². The lowest BCUT2D eigenvalue weighted by Gasteiger charge is -2.17. The average molecular weight is 789 g/mol. The fraction of sp³-hybridized carbons (Fsp3) is 0. The first kappa shape index (κ1) is 35.7. The second-order valence-corrected chi connectivity index (χ2v) is 16.1. The molecule has 0 bridgehead atoms. The Bertz CT molecular complexity index is 3580. The maximum absolute atomic E-state index is 2.52. The normalized spacial score (nSPS) is 11.5. The van der Waals surface area contributed by atoms with E-state index in [0.717, 1.165) is 11.4 Å². The number of para-hydroxylation sites is 3. The lowest BCUT2D eigenvalue weighted by atomic mass is 9.95. The van der Waals surface area contributed by atoms with Gasteiger partial charge in [0.25, 0.3) is 0 Å². The van der Waals surface area contributed by atoms with Crippen molar-refractivity contribution >= 4 is 43.6 Å². The molecule has 10 aromatic carbocycles. The van der Waals surface area contributed by atoms with E-state index in [1.165, 1.54) is 99.2 Å². The molecule has 0 aliphatic rings. The first-order valence-electron chi connectivity index (χ1n) is 21.3. The third-order valence-electron chi connectivity index (χ3n) is 12.5. The second kappa shape index (κ2) is 14.8. The largest absolute Gasteiger partial charge is 0.307 e. The zero-order valence-electron chi connectivity index (χ0n) is 34.0. The fourth-order valence-corrected chi connectivity index (χ4v) is 9.59. The van der Waals surface area contributed by atoms with Crippen LogP contribution in [0.25, 0.3) is 111 Å². The van der Waals surface area contributed by atoms with Gasteiger partial charge in [-0.25, -0.2) is 0 Å². The molecule has 2 heteroatoms. The fourth-order valence-electron chi connectivity index (χ4n) is 9.59. The molecule has 2 heterocycles. The molecule has 62 heavy (non-hydrogen) atoms. The summed E-state index contributed by atoms with van der Waals surface area (Å²) in [7, 11) is 0. The number of rotatable bonds is 7. The number of benzene rings is 10. The summed E-state index contributed by atoms with van der Waals surface area (Å²) in [5.41, 5.74) is 18.9. The van der Waals surface area contributed by atoms with Gasteiger partial charge in [0.05, 0.1) is 27.8 Å². The molecule has 290 valence electrons. The van der Waals surface area contributed by atoms with E-state index >= 15 is 0 Å². The molecule has 0 atom stereocenters. The molecular formula is C60H40N2. The summed E-state index contributed by atoms with van der Waals surface area (Å²) in [6.45, 7) is 0. The van der Waals surface area contributed by atoms with Gasteiger partial charge in [0, 0.05) is 32.8 Å². The molecule has 0 unspecified atom stereocenters. The molecule has 12 rings (SSSR count). The van der Waals surface area contributed by atoms with Crippen molar-refractivity contribution in [2.24, 2.45) is 0 Å². The maximum atomic E-state index is 2.52. The highest BCUT2D eigenvalue weighted by atomic mass is 15.0. The van der Waals surface area contributed by atoms with E-state index in [9.17, 15) is 0 Å². The van der Waals surface area contributed by atoms with E-state index in [0.29, 0.717) is 0 Å². The molecule has 0 saturated heterocycles. The van der Waals surface area contributed by atoms with E-state index in [-0.39, 0.29) is 0 Å². The van der Waals surface area contributed by atoms with E-state index in [1.807, 2.05) is 0 Å². The van der Waals surface area contributed by atoms with Crippen molar-refractivity contribution in [1.82, 2.24) is 9.13 Å². The number of hydrogen-bond donors (Lipinski definition) is 0. The van der Waals surface area contributed by atoms with Crippen LogP contribution < -0.4 is 0 Å².